The van der Waals surface area contributed by atoms with Gasteiger partial charge in [0.05, 0.1) is 11.5 Å². The number of anilines is 2. The molecule has 0 aliphatic heterocycles. The van der Waals surface area contributed by atoms with Crippen LogP contribution in [0.15, 0.2) is 6.20 Å². The van der Waals surface area contributed by atoms with Gasteiger partial charge in [0.2, 0.25) is 17.7 Å². The normalized spacial score (nSPS) is 20.3. The molecule has 1 amide bonds. The maximum Gasteiger partial charge on any atom is 0.329 e. The molecule has 1 saturated carbocycles. The van der Waals surface area contributed by atoms with E-state index < -0.39 is 4.92 Å². The second-order valence-electron chi connectivity index (χ2n) is 6.63. The van der Waals surface area contributed by atoms with Crippen LogP contribution in [0.25, 0.3) is 0 Å². The zero-order valence-corrected chi connectivity index (χ0v) is 14.6. The number of carbonyl (C=O) groups excluding carboxylic acids is 1. The van der Waals surface area contributed by atoms with E-state index in [-0.39, 0.29) is 35.9 Å². The van der Waals surface area contributed by atoms with Crippen LogP contribution in [0.2, 0.25) is 0 Å². The Kier molecular flexibility index (Phi) is 6.59. The van der Waals surface area contributed by atoms with Crippen molar-refractivity contribution in [3.63, 3.8) is 0 Å². The highest BCUT2D eigenvalue weighted by atomic mass is 16.6. The van der Waals surface area contributed by atoms with Crippen molar-refractivity contribution in [2.45, 2.75) is 31.7 Å². The number of nitro groups is 1. The summed E-state index contributed by atoms with van der Waals surface area (Å²) in [6.45, 7) is 0.751. The van der Waals surface area contributed by atoms with Crippen molar-refractivity contribution in [1.29, 1.82) is 0 Å². The first-order valence-corrected chi connectivity index (χ1v) is 8.30. The second-order valence-corrected chi connectivity index (χ2v) is 6.63. The van der Waals surface area contributed by atoms with Crippen LogP contribution in [0.4, 0.5) is 17.5 Å². The minimum atomic E-state index is -0.537. The third-order valence-corrected chi connectivity index (χ3v) is 4.13. The predicted molar refractivity (Wildman–Crippen MR) is 94.3 cm³/mol. The number of carbonyl (C=O) groups is 1. The van der Waals surface area contributed by atoms with Crippen molar-refractivity contribution in [3.05, 3.63) is 16.3 Å². The first-order valence-electron chi connectivity index (χ1n) is 8.30. The van der Waals surface area contributed by atoms with Crippen LogP contribution >= 0.6 is 0 Å². The number of amides is 1. The van der Waals surface area contributed by atoms with Crippen molar-refractivity contribution in [2.75, 3.05) is 37.8 Å². The molecule has 1 aliphatic carbocycles. The third-order valence-electron chi connectivity index (χ3n) is 4.13. The van der Waals surface area contributed by atoms with Crippen molar-refractivity contribution in [1.82, 2.24) is 14.9 Å². The SMILES string of the molecule is CN(C)CC(=O)Nc1ncc([N+](=O)[O-])c(NCC2CCC(N)CC2)n1. The summed E-state index contributed by atoms with van der Waals surface area (Å²) in [4.78, 5) is 32.1. The van der Waals surface area contributed by atoms with Crippen molar-refractivity contribution in [3.8, 4) is 0 Å². The van der Waals surface area contributed by atoms with Gasteiger partial charge in [-0.25, -0.2) is 4.98 Å². The second kappa shape index (κ2) is 8.67. The molecule has 4 N–H and O–H groups in total. The molecular formula is C15H25N7O3. The Morgan fingerprint density at radius 3 is 2.68 bits per heavy atom. The van der Waals surface area contributed by atoms with Crippen LogP contribution < -0.4 is 16.4 Å². The van der Waals surface area contributed by atoms with E-state index in [1.807, 2.05) is 0 Å². The Bertz CT molecular complexity index is 615. The van der Waals surface area contributed by atoms with E-state index in [1.54, 1.807) is 19.0 Å². The number of likely N-dealkylation sites (N-methyl/N-ethyl adjacent to an activating group) is 1. The van der Waals surface area contributed by atoms with Gasteiger partial charge in [-0.05, 0) is 45.7 Å². The predicted octanol–water partition coefficient (Wildman–Crippen LogP) is 0.814. The van der Waals surface area contributed by atoms with Crippen LogP contribution in [-0.2, 0) is 4.79 Å². The summed E-state index contributed by atoms with van der Waals surface area (Å²) in [5.41, 5.74) is 5.68. The molecule has 0 spiro atoms. The summed E-state index contributed by atoms with van der Waals surface area (Å²) in [6.07, 6.45) is 5.00. The summed E-state index contributed by atoms with van der Waals surface area (Å²) in [7, 11) is 3.53. The molecule has 0 radical (unpaired) electrons. The minimum absolute atomic E-state index is 0.0469. The molecule has 1 fully saturated rings. The van der Waals surface area contributed by atoms with E-state index in [4.69, 9.17) is 5.73 Å². The van der Waals surface area contributed by atoms with E-state index in [2.05, 4.69) is 20.6 Å². The molecule has 2 rings (SSSR count). The summed E-state index contributed by atoms with van der Waals surface area (Å²) < 4.78 is 0. The Balaban J connectivity index is 2.04. The number of aromatic nitrogens is 2. The number of hydrogen-bond acceptors (Lipinski definition) is 8. The van der Waals surface area contributed by atoms with Gasteiger partial charge < -0.3 is 16.0 Å². The number of nitrogens with two attached hydrogens (primary N) is 1. The molecule has 0 bridgehead atoms. The van der Waals surface area contributed by atoms with Gasteiger partial charge in [-0.15, -0.1) is 0 Å². The Morgan fingerprint density at radius 1 is 1.40 bits per heavy atom. The van der Waals surface area contributed by atoms with Gasteiger partial charge >= 0.3 is 5.69 Å². The maximum absolute atomic E-state index is 11.8. The Labute approximate surface area is 146 Å². The van der Waals surface area contributed by atoms with Crippen LogP contribution in [0.5, 0.6) is 0 Å². The first-order chi connectivity index (χ1) is 11.8. The van der Waals surface area contributed by atoms with E-state index in [0.29, 0.717) is 12.5 Å². The lowest BCUT2D eigenvalue weighted by molar-refractivity contribution is -0.384. The fraction of sp³-hybridized carbons (Fsp3) is 0.667. The molecule has 0 unspecified atom stereocenters. The van der Waals surface area contributed by atoms with Gasteiger partial charge in [0.25, 0.3) is 0 Å². The molecule has 1 aromatic rings. The number of hydrogen-bond donors (Lipinski definition) is 3. The van der Waals surface area contributed by atoms with Crippen molar-refractivity contribution >= 4 is 23.4 Å². The van der Waals surface area contributed by atoms with Crippen LogP contribution in [-0.4, -0.2) is 58.9 Å². The maximum atomic E-state index is 11.8. The highest BCUT2D eigenvalue weighted by Gasteiger charge is 2.22. The monoisotopic (exact) mass is 351 g/mol. The number of nitrogens with one attached hydrogen (secondary N) is 2. The van der Waals surface area contributed by atoms with Crippen molar-refractivity contribution in [2.24, 2.45) is 11.7 Å². The Morgan fingerprint density at radius 2 is 2.08 bits per heavy atom. The molecule has 0 saturated heterocycles. The minimum Gasteiger partial charge on any atom is -0.364 e. The molecule has 1 aromatic heterocycles. The fourth-order valence-corrected chi connectivity index (χ4v) is 2.78. The van der Waals surface area contributed by atoms with Gasteiger partial charge in [-0.3, -0.25) is 20.2 Å². The summed E-state index contributed by atoms with van der Waals surface area (Å²) in [5, 5.41) is 16.7. The van der Waals surface area contributed by atoms with Gasteiger partial charge in [0.15, 0.2) is 0 Å². The van der Waals surface area contributed by atoms with Gasteiger partial charge in [0, 0.05) is 12.6 Å². The zero-order chi connectivity index (χ0) is 18.4. The molecule has 1 heterocycles. The third kappa shape index (κ3) is 5.91. The highest BCUT2D eigenvalue weighted by Crippen LogP contribution is 2.26. The smallest absolute Gasteiger partial charge is 0.329 e. The van der Waals surface area contributed by atoms with Crippen molar-refractivity contribution < 1.29 is 9.72 Å². The van der Waals surface area contributed by atoms with Crippen LogP contribution in [0.1, 0.15) is 25.7 Å². The topological polar surface area (TPSA) is 139 Å². The average molecular weight is 351 g/mol. The van der Waals surface area contributed by atoms with Crippen LogP contribution in [0.3, 0.4) is 0 Å². The standard InChI is InChI=1S/C15H25N7O3/c1-21(2)9-13(23)19-15-18-8-12(22(24)25)14(20-15)17-7-10-3-5-11(16)6-4-10/h8,10-11H,3-7,9,16H2,1-2H3,(H2,17,18,19,20,23). The lowest BCUT2D eigenvalue weighted by atomic mass is 9.86. The number of rotatable bonds is 7. The zero-order valence-electron chi connectivity index (χ0n) is 14.6. The van der Waals surface area contributed by atoms with E-state index in [1.165, 1.54) is 0 Å². The fourth-order valence-electron chi connectivity index (χ4n) is 2.78. The lowest BCUT2D eigenvalue weighted by Gasteiger charge is -2.26. The number of nitrogens with zero attached hydrogens (tertiary/aromatic N) is 4. The van der Waals surface area contributed by atoms with Gasteiger partial charge in [-0.2, -0.15) is 4.98 Å². The quantitative estimate of drug-likeness (QED) is 0.484. The van der Waals surface area contributed by atoms with E-state index in [9.17, 15) is 14.9 Å². The van der Waals surface area contributed by atoms with Gasteiger partial charge in [0.1, 0.15) is 6.20 Å². The average Bonchev–Trinajstić information content (AvgIpc) is 2.53. The largest absolute Gasteiger partial charge is 0.364 e. The molecule has 0 aromatic carbocycles. The molecular weight excluding hydrogens is 326 g/mol. The molecule has 25 heavy (non-hydrogen) atoms. The van der Waals surface area contributed by atoms with E-state index in [0.717, 1.165) is 31.9 Å². The highest BCUT2D eigenvalue weighted by molar-refractivity contribution is 5.90. The lowest BCUT2D eigenvalue weighted by Crippen LogP contribution is -2.29. The molecule has 10 nitrogen and oxygen atoms in total. The van der Waals surface area contributed by atoms with E-state index >= 15 is 0 Å². The first kappa shape index (κ1) is 19.0. The summed E-state index contributed by atoms with van der Waals surface area (Å²) in [5.74, 6) is 0.285. The molecule has 10 heteroatoms. The molecule has 0 atom stereocenters. The van der Waals surface area contributed by atoms with Crippen LogP contribution in [0, 0.1) is 16.0 Å². The van der Waals surface area contributed by atoms with Gasteiger partial charge in [-0.1, -0.05) is 0 Å². The molecule has 138 valence electrons. The molecule has 1 aliphatic rings. The Hall–Kier alpha value is -2.33. The summed E-state index contributed by atoms with van der Waals surface area (Å²) >= 11 is 0. The summed E-state index contributed by atoms with van der Waals surface area (Å²) in [6, 6.07) is 0.253.